The Hall–Kier alpha value is -6.71. The molecule has 3 heteroatoms. The van der Waals surface area contributed by atoms with Crippen molar-refractivity contribution in [1.82, 2.24) is 4.98 Å². The number of para-hydroxylation sites is 1. The van der Waals surface area contributed by atoms with Crippen LogP contribution in [0.15, 0.2) is 187 Å². The Balaban J connectivity index is 1.16. The highest BCUT2D eigenvalue weighted by Gasteiger charge is 2.22. The fraction of sp³-hybridized carbons (Fsp3) is 0. The maximum absolute atomic E-state index is 6.58. The number of furan rings is 1. The molecule has 0 aliphatic carbocycles. The maximum Gasteiger partial charge on any atom is 0.146 e. The molecule has 0 saturated heterocycles. The van der Waals surface area contributed by atoms with Crippen LogP contribution in [0.25, 0.3) is 76.6 Å². The van der Waals surface area contributed by atoms with E-state index in [1.807, 2.05) is 24.4 Å². The number of fused-ring (bicyclic) bond motifs is 8. The molecule has 0 N–H and O–H groups in total. The zero-order valence-corrected chi connectivity index (χ0v) is 27.1. The molecular weight excluding hydrogens is 609 g/mol. The van der Waals surface area contributed by atoms with E-state index in [1.165, 1.54) is 43.8 Å². The van der Waals surface area contributed by atoms with E-state index in [-0.39, 0.29) is 0 Å². The van der Waals surface area contributed by atoms with Crippen LogP contribution in [0.5, 0.6) is 0 Å². The summed E-state index contributed by atoms with van der Waals surface area (Å²) in [5, 5.41) is 8.19. The van der Waals surface area contributed by atoms with Gasteiger partial charge in [0.05, 0.1) is 16.6 Å². The Morgan fingerprint density at radius 1 is 0.420 bits per heavy atom. The van der Waals surface area contributed by atoms with Gasteiger partial charge in [-0.3, -0.25) is 4.98 Å². The van der Waals surface area contributed by atoms with Gasteiger partial charge in [-0.25, -0.2) is 0 Å². The van der Waals surface area contributed by atoms with E-state index >= 15 is 0 Å². The molecule has 10 aromatic rings. The summed E-state index contributed by atoms with van der Waals surface area (Å²) in [6.45, 7) is 0. The van der Waals surface area contributed by atoms with E-state index in [4.69, 9.17) is 9.40 Å². The van der Waals surface area contributed by atoms with Crippen LogP contribution in [0.2, 0.25) is 0 Å². The van der Waals surface area contributed by atoms with Gasteiger partial charge in [-0.1, -0.05) is 121 Å². The van der Waals surface area contributed by atoms with Gasteiger partial charge in [-0.2, -0.15) is 0 Å². The molecule has 0 unspecified atom stereocenters. The molecule has 0 amide bonds. The molecule has 0 aliphatic rings. The largest absolute Gasteiger partial charge is 0.455 e. The number of anilines is 3. The van der Waals surface area contributed by atoms with Gasteiger partial charge in [0.2, 0.25) is 0 Å². The number of benzene rings is 8. The summed E-state index contributed by atoms with van der Waals surface area (Å²) >= 11 is 0. The van der Waals surface area contributed by atoms with Crippen molar-refractivity contribution >= 4 is 71.4 Å². The third-order valence-electron chi connectivity index (χ3n) is 9.89. The zero-order valence-electron chi connectivity index (χ0n) is 27.1. The van der Waals surface area contributed by atoms with E-state index < -0.39 is 0 Å². The molecule has 0 saturated carbocycles. The molecule has 0 bridgehead atoms. The van der Waals surface area contributed by atoms with Gasteiger partial charge in [0.25, 0.3) is 0 Å². The number of hydrogen-bond donors (Lipinski definition) is 0. The highest BCUT2D eigenvalue weighted by molar-refractivity contribution is 6.21. The van der Waals surface area contributed by atoms with Gasteiger partial charge in [-0.05, 0) is 98.4 Å². The topological polar surface area (TPSA) is 29.3 Å². The highest BCUT2D eigenvalue weighted by atomic mass is 16.3. The summed E-state index contributed by atoms with van der Waals surface area (Å²) in [5.74, 6) is 0. The van der Waals surface area contributed by atoms with Crippen LogP contribution < -0.4 is 4.90 Å². The molecule has 0 aliphatic heterocycles. The molecule has 0 radical (unpaired) electrons. The van der Waals surface area contributed by atoms with Gasteiger partial charge in [0.1, 0.15) is 11.2 Å². The highest BCUT2D eigenvalue weighted by Crippen LogP contribution is 2.46. The van der Waals surface area contributed by atoms with Crippen LogP contribution in [-0.2, 0) is 0 Å². The summed E-state index contributed by atoms with van der Waals surface area (Å²) in [7, 11) is 0. The molecule has 2 aromatic heterocycles. The second-order valence-corrected chi connectivity index (χ2v) is 12.8. The van der Waals surface area contributed by atoms with Gasteiger partial charge in [0.15, 0.2) is 0 Å². The number of hydrogen-bond acceptors (Lipinski definition) is 3. The molecule has 8 aromatic carbocycles. The summed E-state index contributed by atoms with van der Waals surface area (Å²) in [5.41, 5.74) is 10.4. The standard InChI is InChI=1S/C47H30N2O/c1-2-9-31(10-3-1)32-20-24-37(25-21-32)49(44-30-43-40(14-8-28-48-43)47-46(44)41-13-6-7-15-45(41)50-47)38-26-22-33(23-27-38)36-19-18-35-17-16-34-11-4-5-12-39(34)42(35)29-36/h1-30H. The first kappa shape index (κ1) is 28.3. The predicted octanol–water partition coefficient (Wildman–Crippen LogP) is 13.2. The summed E-state index contributed by atoms with van der Waals surface area (Å²) < 4.78 is 6.58. The van der Waals surface area contributed by atoms with Crippen molar-refractivity contribution in [2.45, 2.75) is 0 Å². The first-order chi connectivity index (χ1) is 24.8. The summed E-state index contributed by atoms with van der Waals surface area (Å²) in [4.78, 5) is 7.14. The molecule has 0 fully saturated rings. The van der Waals surface area contributed by atoms with Crippen LogP contribution in [0, 0.1) is 0 Å². The molecule has 10 rings (SSSR count). The second-order valence-electron chi connectivity index (χ2n) is 12.8. The Morgan fingerprint density at radius 2 is 1.00 bits per heavy atom. The average Bonchev–Trinajstić information content (AvgIpc) is 3.59. The van der Waals surface area contributed by atoms with Gasteiger partial charge < -0.3 is 9.32 Å². The van der Waals surface area contributed by atoms with Gasteiger partial charge in [-0.15, -0.1) is 0 Å². The third-order valence-corrected chi connectivity index (χ3v) is 9.89. The van der Waals surface area contributed by atoms with E-state index in [9.17, 15) is 0 Å². The Morgan fingerprint density at radius 3 is 1.78 bits per heavy atom. The Kier molecular flexibility index (Phi) is 6.49. The quantitative estimate of drug-likeness (QED) is 0.176. The fourth-order valence-electron chi connectivity index (χ4n) is 7.44. The number of nitrogens with zero attached hydrogens (tertiary/aromatic N) is 2. The number of pyridine rings is 1. The van der Waals surface area contributed by atoms with Crippen molar-refractivity contribution < 1.29 is 4.42 Å². The fourth-order valence-corrected chi connectivity index (χ4v) is 7.44. The lowest BCUT2D eigenvalue weighted by Crippen LogP contribution is -2.10. The molecule has 50 heavy (non-hydrogen) atoms. The van der Waals surface area contributed by atoms with Crippen molar-refractivity contribution in [3.8, 4) is 22.3 Å². The van der Waals surface area contributed by atoms with Gasteiger partial charge in [0, 0.05) is 28.3 Å². The lowest BCUT2D eigenvalue weighted by atomic mass is 9.97. The van der Waals surface area contributed by atoms with Crippen molar-refractivity contribution in [1.29, 1.82) is 0 Å². The van der Waals surface area contributed by atoms with Crippen molar-refractivity contribution in [2.75, 3.05) is 4.90 Å². The minimum atomic E-state index is 0.845. The van der Waals surface area contributed by atoms with E-state index in [2.05, 4.69) is 163 Å². The summed E-state index contributed by atoms with van der Waals surface area (Å²) in [6.07, 6.45) is 1.85. The normalized spacial score (nSPS) is 11.6. The third kappa shape index (κ3) is 4.63. The van der Waals surface area contributed by atoms with E-state index in [1.54, 1.807) is 0 Å². The van der Waals surface area contributed by atoms with E-state index in [0.717, 1.165) is 49.9 Å². The van der Waals surface area contributed by atoms with Crippen LogP contribution >= 0.6 is 0 Å². The van der Waals surface area contributed by atoms with Crippen LogP contribution in [0.3, 0.4) is 0 Å². The van der Waals surface area contributed by atoms with Crippen molar-refractivity contribution in [3.63, 3.8) is 0 Å². The van der Waals surface area contributed by atoms with Crippen LogP contribution in [0.4, 0.5) is 17.1 Å². The lowest BCUT2D eigenvalue weighted by molar-refractivity contribution is 0.672. The Bertz CT molecular complexity index is 2850. The smallest absolute Gasteiger partial charge is 0.146 e. The summed E-state index contributed by atoms with van der Waals surface area (Å²) in [6, 6.07) is 62.6. The van der Waals surface area contributed by atoms with Crippen molar-refractivity contribution in [2.24, 2.45) is 0 Å². The molecule has 234 valence electrons. The van der Waals surface area contributed by atoms with Crippen LogP contribution in [0.1, 0.15) is 0 Å². The molecule has 0 spiro atoms. The van der Waals surface area contributed by atoms with Gasteiger partial charge >= 0.3 is 0 Å². The molecule has 0 atom stereocenters. The predicted molar refractivity (Wildman–Crippen MR) is 210 cm³/mol. The molecule has 2 heterocycles. The number of aromatic nitrogens is 1. The van der Waals surface area contributed by atoms with Crippen molar-refractivity contribution in [3.05, 3.63) is 182 Å². The second kappa shape index (κ2) is 11.5. The molecule has 3 nitrogen and oxygen atoms in total. The Labute approximate surface area is 289 Å². The monoisotopic (exact) mass is 638 g/mol. The first-order valence-electron chi connectivity index (χ1n) is 17.0. The first-order valence-corrected chi connectivity index (χ1v) is 17.0. The van der Waals surface area contributed by atoms with Crippen LogP contribution in [-0.4, -0.2) is 4.98 Å². The average molecular weight is 639 g/mol. The SMILES string of the molecule is c1ccc(-c2ccc(N(c3ccc(-c4ccc5ccc6ccccc6c5c4)cc3)c3cc4ncccc4c4oc5ccccc5c34)cc2)cc1. The minimum Gasteiger partial charge on any atom is -0.455 e. The zero-order chi connectivity index (χ0) is 33.0. The lowest BCUT2D eigenvalue weighted by Gasteiger charge is -2.27. The molecular formula is C47H30N2O. The minimum absolute atomic E-state index is 0.845. The van der Waals surface area contributed by atoms with E-state index in [0.29, 0.717) is 0 Å². The number of rotatable bonds is 5. The maximum atomic E-state index is 6.58.